The first kappa shape index (κ1) is 11.7. The van der Waals surface area contributed by atoms with Gasteiger partial charge >= 0.3 is 0 Å². The molecule has 0 amide bonds. The van der Waals surface area contributed by atoms with Gasteiger partial charge in [-0.2, -0.15) is 0 Å². The average Bonchev–Trinajstić information content (AvgIpc) is 1.25. The van der Waals surface area contributed by atoms with Gasteiger partial charge in [0.05, 0.1) is 5.60 Å². The average molecular weight is 133 g/mol. The van der Waals surface area contributed by atoms with Crippen LogP contribution in [-0.2, 0) is 0 Å². The molecule has 0 saturated carbocycles. The Hall–Kier alpha value is -0.0800. The lowest BCUT2D eigenvalue weighted by atomic mass is 9.79. The Morgan fingerprint density at radius 1 is 0.889 bits per heavy atom. The second-order valence-electron chi connectivity index (χ2n) is 3.81. The van der Waals surface area contributed by atoms with Gasteiger partial charge in [-0.25, -0.2) is 0 Å². The highest BCUT2D eigenvalue weighted by Crippen LogP contribution is 2.28. The van der Waals surface area contributed by atoms with E-state index in [1.54, 1.807) is 0 Å². The minimum absolute atomic E-state index is 0. The highest BCUT2D eigenvalue weighted by atomic mass is 16.3. The van der Waals surface area contributed by atoms with E-state index in [1.165, 1.54) is 0 Å². The summed E-state index contributed by atoms with van der Waals surface area (Å²) in [5, 5.41) is 9.35. The lowest BCUT2D eigenvalue weighted by Gasteiger charge is -2.33. The summed E-state index contributed by atoms with van der Waals surface area (Å²) in [5.74, 6) is 0. The molecule has 0 aliphatic carbocycles. The van der Waals surface area contributed by atoms with Gasteiger partial charge in [0.15, 0.2) is 0 Å². The number of rotatable bonds is 0. The van der Waals surface area contributed by atoms with Crippen molar-refractivity contribution in [2.75, 3.05) is 0 Å². The van der Waals surface area contributed by atoms with Crippen LogP contribution in [0.4, 0.5) is 0 Å². The quantitative estimate of drug-likeness (QED) is 0.530. The third kappa shape index (κ3) is 3.49. The zero-order valence-electron chi connectivity index (χ0n) is 7.15. The van der Waals surface area contributed by atoms with Gasteiger partial charge in [0, 0.05) is 0 Å². The number of aliphatic hydroxyl groups is 1. The second-order valence-corrected chi connectivity index (χ2v) is 3.81. The van der Waals surface area contributed by atoms with Gasteiger partial charge in [0.1, 0.15) is 0 Å². The van der Waals surface area contributed by atoms with Gasteiger partial charge in [-0.15, -0.1) is 0 Å². The number of hydrogen-bond donors (Lipinski definition) is 2. The maximum absolute atomic E-state index is 9.35. The summed E-state index contributed by atoms with van der Waals surface area (Å²) in [6, 6.07) is 0. The van der Waals surface area contributed by atoms with Crippen LogP contribution in [0.3, 0.4) is 0 Å². The zero-order chi connectivity index (χ0) is 7.00. The topological polar surface area (TPSA) is 55.2 Å². The lowest BCUT2D eigenvalue weighted by molar-refractivity contribution is -0.0238. The molecule has 0 aromatic heterocycles. The van der Waals surface area contributed by atoms with Crippen molar-refractivity contribution in [1.82, 2.24) is 6.15 Å². The first-order valence-corrected chi connectivity index (χ1v) is 2.97. The highest BCUT2D eigenvalue weighted by molar-refractivity contribution is 4.80. The molecule has 58 valence electrons. The molecular formula is C7H19NO. The normalized spacial score (nSPS) is 12.7. The molecule has 0 bridgehead atoms. The fourth-order valence-corrected chi connectivity index (χ4v) is 0. The van der Waals surface area contributed by atoms with Crippen LogP contribution < -0.4 is 6.15 Å². The molecule has 0 unspecified atom stereocenters. The molecule has 0 aromatic rings. The Bertz CT molecular complexity index is 63.9. The predicted molar refractivity (Wildman–Crippen MR) is 40.8 cm³/mol. The second kappa shape index (κ2) is 2.67. The van der Waals surface area contributed by atoms with E-state index >= 15 is 0 Å². The summed E-state index contributed by atoms with van der Waals surface area (Å²) in [6.45, 7) is 9.72. The zero-order valence-corrected chi connectivity index (χ0v) is 7.15. The van der Waals surface area contributed by atoms with Crippen molar-refractivity contribution >= 4 is 0 Å². The van der Waals surface area contributed by atoms with E-state index in [0.29, 0.717) is 0 Å². The standard InChI is InChI=1S/C7H16O.H3N/c1-6(2,3)7(4,5)8;/h8H,1-5H3;1H3. The molecule has 2 heteroatoms. The molecule has 4 N–H and O–H groups in total. The van der Waals surface area contributed by atoms with E-state index in [4.69, 9.17) is 0 Å². The van der Waals surface area contributed by atoms with E-state index in [2.05, 4.69) is 0 Å². The van der Waals surface area contributed by atoms with Crippen molar-refractivity contribution in [2.24, 2.45) is 5.41 Å². The molecule has 0 fully saturated rings. The van der Waals surface area contributed by atoms with Crippen LogP contribution >= 0.6 is 0 Å². The van der Waals surface area contributed by atoms with Gasteiger partial charge in [0.25, 0.3) is 0 Å². The minimum atomic E-state index is -0.562. The Kier molecular flexibility index (Phi) is 3.47. The largest absolute Gasteiger partial charge is 0.390 e. The Balaban J connectivity index is 0. The molecule has 0 radical (unpaired) electrons. The molecule has 9 heavy (non-hydrogen) atoms. The van der Waals surface area contributed by atoms with Gasteiger partial charge in [-0.05, 0) is 19.3 Å². The van der Waals surface area contributed by atoms with Crippen LogP contribution in [0.2, 0.25) is 0 Å². The third-order valence-corrected chi connectivity index (χ3v) is 1.84. The molecular weight excluding hydrogens is 114 g/mol. The van der Waals surface area contributed by atoms with Crippen molar-refractivity contribution in [3.63, 3.8) is 0 Å². The summed E-state index contributed by atoms with van der Waals surface area (Å²) < 4.78 is 0. The van der Waals surface area contributed by atoms with Crippen molar-refractivity contribution < 1.29 is 5.11 Å². The molecule has 0 atom stereocenters. The molecule has 0 aliphatic heterocycles. The van der Waals surface area contributed by atoms with Gasteiger partial charge in [0.2, 0.25) is 0 Å². The SMILES string of the molecule is CC(C)(C)C(C)(C)O.N. The van der Waals surface area contributed by atoms with Crippen molar-refractivity contribution in [3.05, 3.63) is 0 Å². The number of hydrogen-bond acceptors (Lipinski definition) is 2. The van der Waals surface area contributed by atoms with Crippen LogP contribution in [0, 0.1) is 5.41 Å². The van der Waals surface area contributed by atoms with Crippen LogP contribution in [-0.4, -0.2) is 10.7 Å². The van der Waals surface area contributed by atoms with Gasteiger partial charge in [-0.1, -0.05) is 20.8 Å². The Morgan fingerprint density at radius 3 is 1.00 bits per heavy atom. The van der Waals surface area contributed by atoms with E-state index in [0.717, 1.165) is 0 Å². The van der Waals surface area contributed by atoms with Gasteiger partial charge in [-0.3, -0.25) is 0 Å². The van der Waals surface area contributed by atoms with E-state index in [9.17, 15) is 5.11 Å². The Morgan fingerprint density at radius 2 is 1.00 bits per heavy atom. The summed E-state index contributed by atoms with van der Waals surface area (Å²) >= 11 is 0. The van der Waals surface area contributed by atoms with Gasteiger partial charge < -0.3 is 11.3 Å². The van der Waals surface area contributed by atoms with E-state index in [1.807, 2.05) is 34.6 Å². The third-order valence-electron chi connectivity index (χ3n) is 1.84. The van der Waals surface area contributed by atoms with Crippen molar-refractivity contribution in [2.45, 2.75) is 40.2 Å². The van der Waals surface area contributed by atoms with Crippen LogP contribution in [0.25, 0.3) is 0 Å². The molecule has 2 nitrogen and oxygen atoms in total. The lowest BCUT2D eigenvalue weighted by Crippen LogP contribution is -2.35. The molecule has 0 heterocycles. The summed E-state index contributed by atoms with van der Waals surface area (Å²) in [5.41, 5.74) is -0.569. The maximum atomic E-state index is 9.35. The summed E-state index contributed by atoms with van der Waals surface area (Å²) in [7, 11) is 0. The summed E-state index contributed by atoms with van der Waals surface area (Å²) in [4.78, 5) is 0. The monoisotopic (exact) mass is 133 g/mol. The molecule has 0 aliphatic rings. The first-order valence-electron chi connectivity index (χ1n) is 2.97. The molecule has 0 spiro atoms. The summed E-state index contributed by atoms with van der Waals surface area (Å²) in [6.07, 6.45) is 0. The molecule has 0 rings (SSSR count). The van der Waals surface area contributed by atoms with Crippen molar-refractivity contribution in [1.29, 1.82) is 0 Å². The van der Waals surface area contributed by atoms with Crippen LogP contribution in [0.1, 0.15) is 34.6 Å². The van der Waals surface area contributed by atoms with Crippen molar-refractivity contribution in [3.8, 4) is 0 Å². The Labute approximate surface area is 57.9 Å². The minimum Gasteiger partial charge on any atom is -0.390 e. The fourth-order valence-electron chi connectivity index (χ4n) is 0. The maximum Gasteiger partial charge on any atom is 0.0639 e. The fraction of sp³-hybridized carbons (Fsp3) is 1.00. The molecule has 0 saturated heterocycles. The van der Waals surface area contributed by atoms with Crippen LogP contribution in [0.5, 0.6) is 0 Å². The smallest absolute Gasteiger partial charge is 0.0639 e. The van der Waals surface area contributed by atoms with Crippen LogP contribution in [0.15, 0.2) is 0 Å². The van der Waals surface area contributed by atoms with E-state index < -0.39 is 5.60 Å². The van der Waals surface area contributed by atoms with E-state index in [-0.39, 0.29) is 11.6 Å². The first-order chi connectivity index (χ1) is 3.25. The molecule has 0 aromatic carbocycles. The predicted octanol–water partition coefficient (Wildman–Crippen LogP) is 1.97. The highest BCUT2D eigenvalue weighted by Gasteiger charge is 2.29.